The van der Waals surface area contributed by atoms with Gasteiger partial charge in [0.2, 0.25) is 0 Å². The summed E-state index contributed by atoms with van der Waals surface area (Å²) in [5, 5.41) is 12.0. The van der Waals surface area contributed by atoms with Gasteiger partial charge in [0.25, 0.3) is 5.91 Å². The molecule has 5 nitrogen and oxygen atoms in total. The van der Waals surface area contributed by atoms with Crippen molar-refractivity contribution in [3.05, 3.63) is 29.1 Å². The zero-order chi connectivity index (χ0) is 17.3. The maximum absolute atomic E-state index is 13.9. The summed E-state index contributed by atoms with van der Waals surface area (Å²) in [5.41, 5.74) is -0.205. The molecule has 3 rings (SSSR count). The Bertz CT molecular complexity index is 733. The molecule has 1 N–H and O–H groups in total. The summed E-state index contributed by atoms with van der Waals surface area (Å²) in [6, 6.07) is 4.82. The fourth-order valence-electron chi connectivity index (χ4n) is 3.64. The Morgan fingerprint density at radius 2 is 2.17 bits per heavy atom. The van der Waals surface area contributed by atoms with E-state index in [2.05, 4.69) is 11.4 Å². The third kappa shape index (κ3) is 2.86. The first-order valence-electron chi connectivity index (χ1n) is 8.16. The molecule has 1 amide bonds. The highest BCUT2D eigenvalue weighted by Crippen LogP contribution is 2.39. The number of Topliss-reactive ketones (excluding diaryl/α,β-unsaturated/α-hetero) is 1. The normalized spacial score (nSPS) is 21.2. The van der Waals surface area contributed by atoms with Crippen LogP contribution in [0.1, 0.15) is 60.9 Å². The monoisotopic (exact) mass is 330 g/mol. The minimum Gasteiger partial charge on any atom is -0.483 e. The molecular formula is C18H19FN2O3. The Kier molecular flexibility index (Phi) is 4.27. The first kappa shape index (κ1) is 16.4. The van der Waals surface area contributed by atoms with Crippen LogP contribution in [-0.2, 0) is 4.79 Å². The van der Waals surface area contributed by atoms with Crippen molar-refractivity contribution in [3.63, 3.8) is 0 Å². The van der Waals surface area contributed by atoms with E-state index in [1.54, 1.807) is 6.92 Å². The van der Waals surface area contributed by atoms with Crippen LogP contribution in [-0.4, -0.2) is 23.8 Å². The Labute approximate surface area is 139 Å². The Balaban J connectivity index is 1.71. The van der Waals surface area contributed by atoms with E-state index in [0.29, 0.717) is 18.4 Å². The summed E-state index contributed by atoms with van der Waals surface area (Å²) in [6.45, 7) is 1.49. The molecule has 1 saturated carbocycles. The van der Waals surface area contributed by atoms with E-state index in [1.165, 1.54) is 12.1 Å². The third-order valence-corrected chi connectivity index (χ3v) is 4.83. The molecule has 0 radical (unpaired) electrons. The predicted molar refractivity (Wildman–Crippen MR) is 84.2 cm³/mol. The van der Waals surface area contributed by atoms with Crippen molar-refractivity contribution in [2.24, 2.45) is 0 Å². The number of nitrogens with one attached hydrogen (secondary N) is 1. The van der Waals surface area contributed by atoms with Crippen molar-refractivity contribution in [1.82, 2.24) is 5.32 Å². The quantitative estimate of drug-likeness (QED) is 0.920. The number of carbonyl (C=O) groups excluding carboxylic acids is 2. The largest absolute Gasteiger partial charge is 0.483 e. The van der Waals surface area contributed by atoms with E-state index < -0.39 is 17.3 Å². The number of nitriles is 1. The number of hydrogen-bond acceptors (Lipinski definition) is 4. The van der Waals surface area contributed by atoms with Gasteiger partial charge < -0.3 is 10.1 Å². The van der Waals surface area contributed by atoms with Crippen LogP contribution >= 0.6 is 0 Å². The molecule has 1 fully saturated rings. The lowest BCUT2D eigenvalue weighted by molar-refractivity contribution is -0.124. The molecule has 1 aromatic rings. The van der Waals surface area contributed by atoms with Gasteiger partial charge in [0.15, 0.2) is 12.4 Å². The van der Waals surface area contributed by atoms with Crippen LogP contribution in [0, 0.1) is 17.1 Å². The number of nitrogens with zero attached hydrogens (tertiary/aromatic N) is 1. The van der Waals surface area contributed by atoms with Crippen LogP contribution in [0.5, 0.6) is 5.75 Å². The zero-order valence-electron chi connectivity index (χ0n) is 13.5. The number of halogens is 1. The van der Waals surface area contributed by atoms with E-state index >= 15 is 0 Å². The van der Waals surface area contributed by atoms with E-state index in [9.17, 15) is 19.2 Å². The lowest BCUT2D eigenvalue weighted by Gasteiger charge is -2.22. The first-order chi connectivity index (χ1) is 11.5. The fraction of sp³-hybridized carbons (Fsp3) is 0.500. The number of fused-ring (bicyclic) bond motifs is 1. The molecule has 2 aliphatic carbocycles. The molecule has 2 aliphatic rings. The Morgan fingerprint density at radius 1 is 1.46 bits per heavy atom. The number of ether oxygens (including phenoxy) is 1. The van der Waals surface area contributed by atoms with Crippen LogP contribution in [0.15, 0.2) is 12.1 Å². The average Bonchev–Trinajstić information content (AvgIpc) is 3.13. The molecule has 24 heavy (non-hydrogen) atoms. The molecule has 0 aromatic heterocycles. The van der Waals surface area contributed by atoms with Crippen molar-refractivity contribution >= 4 is 11.7 Å². The molecule has 126 valence electrons. The second kappa shape index (κ2) is 6.23. The summed E-state index contributed by atoms with van der Waals surface area (Å²) in [6.07, 6.45) is 3.34. The second-order valence-corrected chi connectivity index (χ2v) is 6.60. The van der Waals surface area contributed by atoms with Crippen molar-refractivity contribution in [2.75, 3.05) is 6.61 Å². The van der Waals surface area contributed by atoms with Gasteiger partial charge in [-0.05, 0) is 43.7 Å². The van der Waals surface area contributed by atoms with Crippen molar-refractivity contribution in [2.45, 2.75) is 50.5 Å². The standard InChI is InChI=1S/C18H19FN2O3/c1-11-8-13(22)17-14(5-4-12(19)16(11)17)24-9-15(23)21-18(10-20)6-2-3-7-18/h4-5,11H,2-3,6-9H2,1H3,(H,21,23). The number of ketones is 1. The Morgan fingerprint density at radius 3 is 2.83 bits per heavy atom. The summed E-state index contributed by atoms with van der Waals surface area (Å²) >= 11 is 0. The molecule has 0 spiro atoms. The van der Waals surface area contributed by atoms with Crippen molar-refractivity contribution in [1.29, 1.82) is 5.26 Å². The highest BCUT2D eigenvalue weighted by Gasteiger charge is 2.36. The third-order valence-electron chi connectivity index (χ3n) is 4.83. The van der Waals surface area contributed by atoms with Crippen LogP contribution in [0.4, 0.5) is 4.39 Å². The fourth-order valence-corrected chi connectivity index (χ4v) is 3.64. The molecule has 0 saturated heterocycles. The second-order valence-electron chi connectivity index (χ2n) is 6.60. The van der Waals surface area contributed by atoms with Gasteiger partial charge in [-0.3, -0.25) is 9.59 Å². The van der Waals surface area contributed by atoms with Crippen LogP contribution < -0.4 is 10.1 Å². The average molecular weight is 330 g/mol. The summed E-state index contributed by atoms with van der Waals surface area (Å²) in [5.74, 6) is -0.959. The predicted octanol–water partition coefficient (Wildman–Crippen LogP) is 2.85. The molecule has 1 unspecified atom stereocenters. The number of hydrogen-bond donors (Lipinski definition) is 1. The first-order valence-corrected chi connectivity index (χ1v) is 8.16. The molecule has 0 heterocycles. The molecule has 1 atom stereocenters. The molecular weight excluding hydrogens is 311 g/mol. The number of rotatable bonds is 4. The minimum atomic E-state index is -0.810. The smallest absolute Gasteiger partial charge is 0.259 e. The van der Waals surface area contributed by atoms with Crippen molar-refractivity contribution < 1.29 is 18.7 Å². The SMILES string of the molecule is CC1CC(=O)c2c(OCC(=O)NC3(C#N)CCCC3)ccc(F)c21. The van der Waals surface area contributed by atoms with Gasteiger partial charge >= 0.3 is 0 Å². The molecule has 6 heteroatoms. The van der Waals surface area contributed by atoms with Gasteiger partial charge in [-0.15, -0.1) is 0 Å². The van der Waals surface area contributed by atoms with Gasteiger partial charge in [-0.2, -0.15) is 5.26 Å². The maximum Gasteiger partial charge on any atom is 0.259 e. The Hall–Kier alpha value is -2.42. The van der Waals surface area contributed by atoms with Gasteiger partial charge in [-0.1, -0.05) is 6.92 Å². The maximum atomic E-state index is 13.9. The van der Waals surface area contributed by atoms with E-state index in [4.69, 9.17) is 4.74 Å². The highest BCUT2D eigenvalue weighted by molar-refractivity contribution is 6.03. The molecule has 0 aliphatic heterocycles. The van der Waals surface area contributed by atoms with E-state index in [1.807, 2.05) is 0 Å². The number of amides is 1. The lowest BCUT2D eigenvalue weighted by Crippen LogP contribution is -2.47. The molecule has 1 aromatic carbocycles. The van der Waals surface area contributed by atoms with Gasteiger partial charge in [0.05, 0.1) is 11.6 Å². The number of benzene rings is 1. The van der Waals surface area contributed by atoms with Gasteiger partial charge in [-0.25, -0.2) is 4.39 Å². The lowest BCUT2D eigenvalue weighted by atomic mass is 10.00. The van der Waals surface area contributed by atoms with E-state index in [-0.39, 0.29) is 36.0 Å². The summed E-state index contributed by atoms with van der Waals surface area (Å²) in [7, 11) is 0. The summed E-state index contributed by atoms with van der Waals surface area (Å²) in [4.78, 5) is 24.2. The number of carbonyl (C=O) groups is 2. The van der Waals surface area contributed by atoms with Crippen LogP contribution in [0.2, 0.25) is 0 Å². The van der Waals surface area contributed by atoms with E-state index in [0.717, 1.165) is 12.8 Å². The molecule has 0 bridgehead atoms. The highest BCUT2D eigenvalue weighted by atomic mass is 19.1. The van der Waals surface area contributed by atoms with Gasteiger partial charge in [0, 0.05) is 12.0 Å². The van der Waals surface area contributed by atoms with Crippen LogP contribution in [0.25, 0.3) is 0 Å². The van der Waals surface area contributed by atoms with Crippen molar-refractivity contribution in [3.8, 4) is 11.8 Å². The summed E-state index contributed by atoms with van der Waals surface area (Å²) < 4.78 is 19.4. The topological polar surface area (TPSA) is 79.2 Å². The van der Waals surface area contributed by atoms with Crippen LogP contribution in [0.3, 0.4) is 0 Å². The van der Waals surface area contributed by atoms with Gasteiger partial charge in [0.1, 0.15) is 17.1 Å². The zero-order valence-corrected chi connectivity index (χ0v) is 13.5. The minimum absolute atomic E-state index is 0.170.